The van der Waals surface area contributed by atoms with E-state index in [1.54, 1.807) is 0 Å². The molecule has 2 rings (SSSR count). The maximum atomic E-state index is 11.1. The Labute approximate surface area is 162 Å². The van der Waals surface area contributed by atoms with Crippen molar-refractivity contribution in [3.05, 3.63) is 83.6 Å². The summed E-state index contributed by atoms with van der Waals surface area (Å²) < 4.78 is 0. The van der Waals surface area contributed by atoms with Gasteiger partial charge in [-0.25, -0.2) is 0 Å². The van der Waals surface area contributed by atoms with Gasteiger partial charge in [0.15, 0.2) is 5.78 Å². The van der Waals surface area contributed by atoms with Crippen LogP contribution in [0.1, 0.15) is 30.5 Å². The van der Waals surface area contributed by atoms with E-state index in [9.17, 15) is 4.79 Å². The zero-order valence-electron chi connectivity index (χ0n) is 16.8. The van der Waals surface area contributed by atoms with Gasteiger partial charge >= 0.3 is 0 Å². The number of aryl methyl sites for hydroxylation is 1. The smallest absolute Gasteiger partial charge is 0.155 e. The molecule has 0 aliphatic carbocycles. The Morgan fingerprint density at radius 3 is 2.30 bits per heavy atom. The van der Waals surface area contributed by atoms with Crippen molar-refractivity contribution >= 4 is 11.5 Å². The third-order valence-electron chi connectivity index (χ3n) is 4.72. The number of carbonyl (C=O) groups is 1. The van der Waals surface area contributed by atoms with E-state index in [2.05, 4.69) is 60.3 Å². The standard InChI is InChI=1S/C23H28N2O2/c1-18-11-13-21(14-12-18)22(24-27-16-15-19(2)26)23(3,25(4)5)17-20-9-7-6-8-10-20/h6-16H,17H2,1-5H3/b16-15-,24-22-. The van der Waals surface area contributed by atoms with Gasteiger partial charge in [0, 0.05) is 11.6 Å². The molecule has 0 bridgehead atoms. The van der Waals surface area contributed by atoms with Crippen molar-refractivity contribution in [1.82, 2.24) is 4.90 Å². The number of hydrogen-bond acceptors (Lipinski definition) is 4. The third kappa shape index (κ3) is 5.63. The van der Waals surface area contributed by atoms with E-state index < -0.39 is 5.54 Å². The Kier molecular flexibility index (Phi) is 7.08. The fraction of sp³-hybridized carbons (Fsp3) is 0.304. The highest BCUT2D eigenvalue weighted by atomic mass is 16.6. The Morgan fingerprint density at radius 1 is 1.11 bits per heavy atom. The van der Waals surface area contributed by atoms with Crippen LogP contribution in [0.15, 0.2) is 72.1 Å². The van der Waals surface area contributed by atoms with Crippen LogP contribution in [0.3, 0.4) is 0 Å². The van der Waals surface area contributed by atoms with Crippen molar-refractivity contribution in [2.24, 2.45) is 5.16 Å². The van der Waals surface area contributed by atoms with E-state index in [0.29, 0.717) is 0 Å². The van der Waals surface area contributed by atoms with Gasteiger partial charge in [0.25, 0.3) is 0 Å². The monoisotopic (exact) mass is 364 g/mol. The van der Waals surface area contributed by atoms with E-state index in [0.717, 1.165) is 17.7 Å². The summed E-state index contributed by atoms with van der Waals surface area (Å²) in [6.45, 7) is 5.68. The summed E-state index contributed by atoms with van der Waals surface area (Å²) in [4.78, 5) is 18.7. The van der Waals surface area contributed by atoms with E-state index in [1.807, 2.05) is 32.3 Å². The molecule has 0 aromatic heterocycles. The lowest BCUT2D eigenvalue weighted by Crippen LogP contribution is -2.50. The van der Waals surface area contributed by atoms with E-state index >= 15 is 0 Å². The number of nitrogens with zero attached hydrogens (tertiary/aromatic N) is 2. The number of carbonyl (C=O) groups excluding carboxylic acids is 1. The van der Waals surface area contributed by atoms with Gasteiger partial charge in [-0.15, -0.1) is 0 Å². The number of likely N-dealkylation sites (N-methyl/N-ethyl adjacent to an activating group) is 1. The predicted octanol–water partition coefficient (Wildman–Crippen LogP) is 4.38. The average molecular weight is 364 g/mol. The molecule has 0 N–H and O–H groups in total. The second-order valence-electron chi connectivity index (χ2n) is 7.16. The van der Waals surface area contributed by atoms with Crippen molar-refractivity contribution in [1.29, 1.82) is 0 Å². The number of benzene rings is 2. The van der Waals surface area contributed by atoms with Gasteiger partial charge in [0.2, 0.25) is 0 Å². The minimum absolute atomic E-state index is 0.0817. The molecule has 0 heterocycles. The van der Waals surface area contributed by atoms with E-state index in [-0.39, 0.29) is 5.78 Å². The van der Waals surface area contributed by atoms with Crippen molar-refractivity contribution in [2.45, 2.75) is 32.7 Å². The van der Waals surface area contributed by atoms with Crippen LogP contribution >= 0.6 is 0 Å². The highest BCUT2D eigenvalue weighted by Gasteiger charge is 2.35. The van der Waals surface area contributed by atoms with Gasteiger partial charge in [-0.1, -0.05) is 65.3 Å². The maximum Gasteiger partial charge on any atom is 0.155 e. The number of allylic oxidation sites excluding steroid dienone is 1. The molecule has 4 heteroatoms. The van der Waals surface area contributed by atoms with Crippen LogP contribution < -0.4 is 0 Å². The summed E-state index contributed by atoms with van der Waals surface area (Å²) in [5.41, 5.74) is 3.80. The molecule has 1 unspecified atom stereocenters. The number of rotatable bonds is 8. The van der Waals surface area contributed by atoms with Crippen LogP contribution in [-0.4, -0.2) is 36.0 Å². The zero-order valence-corrected chi connectivity index (χ0v) is 16.8. The molecule has 0 aliphatic rings. The Hall–Kier alpha value is -2.72. The first-order valence-electron chi connectivity index (χ1n) is 9.03. The van der Waals surface area contributed by atoms with E-state index in [1.165, 1.54) is 30.4 Å². The molecule has 0 saturated carbocycles. The van der Waals surface area contributed by atoms with Crippen molar-refractivity contribution in [3.8, 4) is 0 Å². The number of ketones is 1. The average Bonchev–Trinajstić information content (AvgIpc) is 2.63. The van der Waals surface area contributed by atoms with Crippen LogP contribution in [0, 0.1) is 6.92 Å². The number of hydrogen-bond donors (Lipinski definition) is 0. The Balaban J connectivity index is 2.47. The topological polar surface area (TPSA) is 41.9 Å². The molecular weight excluding hydrogens is 336 g/mol. The van der Waals surface area contributed by atoms with Crippen LogP contribution in [0.4, 0.5) is 0 Å². The molecule has 4 nitrogen and oxygen atoms in total. The summed E-state index contributed by atoms with van der Waals surface area (Å²) in [5.74, 6) is -0.0817. The van der Waals surface area contributed by atoms with Crippen LogP contribution in [0.25, 0.3) is 0 Å². The summed E-state index contributed by atoms with van der Waals surface area (Å²) in [6, 6.07) is 18.6. The second kappa shape index (κ2) is 9.28. The molecule has 0 saturated heterocycles. The van der Waals surface area contributed by atoms with Gasteiger partial charge in [0.1, 0.15) is 12.0 Å². The largest absolute Gasteiger partial charge is 0.364 e. The van der Waals surface area contributed by atoms with Crippen LogP contribution in [-0.2, 0) is 16.1 Å². The normalized spacial score (nSPS) is 14.4. The quantitative estimate of drug-likeness (QED) is 0.302. The minimum atomic E-state index is -0.402. The van der Waals surface area contributed by atoms with Gasteiger partial charge in [0.05, 0.1) is 5.54 Å². The molecule has 0 spiro atoms. The molecule has 0 radical (unpaired) electrons. The molecule has 2 aromatic rings. The molecule has 142 valence electrons. The zero-order chi connectivity index (χ0) is 19.9. The summed E-state index contributed by atoms with van der Waals surface area (Å²) in [6.07, 6.45) is 3.46. The lowest BCUT2D eigenvalue weighted by Gasteiger charge is -2.37. The lowest BCUT2D eigenvalue weighted by molar-refractivity contribution is -0.112. The molecule has 2 aromatic carbocycles. The minimum Gasteiger partial charge on any atom is -0.364 e. The van der Waals surface area contributed by atoms with Crippen molar-refractivity contribution in [3.63, 3.8) is 0 Å². The molecule has 0 amide bonds. The molecule has 0 aliphatic heterocycles. The molecule has 1 atom stereocenters. The Morgan fingerprint density at radius 2 is 1.74 bits per heavy atom. The first-order chi connectivity index (χ1) is 12.8. The van der Waals surface area contributed by atoms with Crippen molar-refractivity contribution in [2.75, 3.05) is 14.1 Å². The van der Waals surface area contributed by atoms with Gasteiger partial charge < -0.3 is 4.84 Å². The highest BCUT2D eigenvalue weighted by Crippen LogP contribution is 2.25. The highest BCUT2D eigenvalue weighted by molar-refractivity contribution is 6.07. The summed E-state index contributed by atoms with van der Waals surface area (Å²) in [5, 5.41) is 4.42. The fourth-order valence-corrected chi connectivity index (χ4v) is 2.83. The van der Waals surface area contributed by atoms with Crippen molar-refractivity contribution < 1.29 is 9.63 Å². The maximum absolute atomic E-state index is 11.1. The molecule has 0 fully saturated rings. The fourth-order valence-electron chi connectivity index (χ4n) is 2.83. The predicted molar refractivity (Wildman–Crippen MR) is 111 cm³/mol. The number of oxime groups is 1. The van der Waals surface area contributed by atoms with Crippen LogP contribution in [0.5, 0.6) is 0 Å². The SMILES string of the molecule is CC(=O)/C=C\O/N=C(/c1ccc(C)cc1)C(C)(Cc1ccccc1)N(C)C. The lowest BCUT2D eigenvalue weighted by atomic mass is 9.83. The molecule has 27 heavy (non-hydrogen) atoms. The first-order valence-corrected chi connectivity index (χ1v) is 9.03. The van der Waals surface area contributed by atoms with E-state index in [4.69, 9.17) is 4.84 Å². The van der Waals surface area contributed by atoms with Gasteiger partial charge in [-0.05, 0) is 46.9 Å². The van der Waals surface area contributed by atoms with Crippen LogP contribution in [0.2, 0.25) is 0 Å². The molecular formula is C23H28N2O2. The second-order valence-corrected chi connectivity index (χ2v) is 7.16. The summed E-state index contributed by atoms with van der Waals surface area (Å²) >= 11 is 0. The third-order valence-corrected chi connectivity index (χ3v) is 4.72. The Bertz CT molecular complexity index is 808. The first kappa shape index (κ1) is 20.6. The summed E-state index contributed by atoms with van der Waals surface area (Å²) in [7, 11) is 4.08. The van der Waals surface area contributed by atoms with Gasteiger partial charge in [-0.2, -0.15) is 0 Å². The van der Waals surface area contributed by atoms with Gasteiger partial charge in [-0.3, -0.25) is 9.69 Å².